The second-order valence-corrected chi connectivity index (χ2v) is 6.10. The molecule has 3 N–H and O–H groups in total. The molecule has 112 valence electrons. The molecule has 0 unspecified atom stereocenters. The molecular weight excluding hydrogens is 286 g/mol. The molecule has 9 heteroatoms. The number of hydrogen-bond acceptors (Lipinski definition) is 6. The van der Waals surface area contributed by atoms with Crippen LogP contribution in [-0.4, -0.2) is 31.7 Å². The number of ether oxygens (including phenoxy) is 1. The molecule has 0 aliphatic rings. The average Bonchev–Trinajstić information content (AvgIpc) is 2.25. The van der Waals surface area contributed by atoms with Crippen molar-refractivity contribution in [2.75, 3.05) is 17.6 Å². The van der Waals surface area contributed by atoms with E-state index in [2.05, 4.69) is 5.32 Å². The first-order valence-electron chi connectivity index (χ1n) is 5.89. The SMILES string of the molecule is CC(C)Oc1cccc(NCCS(N)(=O)=O)c1[N+](=O)[O-]. The van der Waals surface area contributed by atoms with Crippen LogP contribution in [0.5, 0.6) is 5.75 Å². The molecule has 8 nitrogen and oxygen atoms in total. The van der Waals surface area contributed by atoms with Crippen molar-refractivity contribution < 1.29 is 18.1 Å². The summed E-state index contributed by atoms with van der Waals surface area (Å²) in [7, 11) is -3.62. The van der Waals surface area contributed by atoms with E-state index in [9.17, 15) is 18.5 Å². The van der Waals surface area contributed by atoms with Gasteiger partial charge in [-0.25, -0.2) is 13.6 Å². The predicted molar refractivity (Wildman–Crippen MR) is 75.3 cm³/mol. The zero-order chi connectivity index (χ0) is 15.3. The molecule has 0 heterocycles. The molecule has 20 heavy (non-hydrogen) atoms. The minimum Gasteiger partial charge on any atom is -0.484 e. The molecule has 0 amide bonds. The minimum atomic E-state index is -3.62. The van der Waals surface area contributed by atoms with Crippen LogP contribution in [0.3, 0.4) is 0 Å². The number of hydrogen-bond donors (Lipinski definition) is 2. The zero-order valence-corrected chi connectivity index (χ0v) is 12.0. The van der Waals surface area contributed by atoms with Crippen molar-refractivity contribution in [2.24, 2.45) is 5.14 Å². The lowest BCUT2D eigenvalue weighted by Crippen LogP contribution is -2.22. The Labute approximate surface area is 117 Å². The maximum Gasteiger partial charge on any atom is 0.333 e. The second kappa shape index (κ2) is 6.53. The van der Waals surface area contributed by atoms with E-state index in [1.54, 1.807) is 19.9 Å². The number of para-hydroxylation sites is 1. The molecule has 0 aliphatic carbocycles. The summed E-state index contributed by atoms with van der Waals surface area (Å²) in [5.74, 6) is -0.190. The van der Waals surface area contributed by atoms with Crippen molar-refractivity contribution in [3.8, 4) is 5.75 Å². The van der Waals surface area contributed by atoms with Crippen LogP contribution in [0.2, 0.25) is 0 Å². The number of primary sulfonamides is 1. The molecule has 0 bridgehead atoms. The van der Waals surface area contributed by atoms with Crippen molar-refractivity contribution in [1.29, 1.82) is 0 Å². The fourth-order valence-electron chi connectivity index (χ4n) is 1.53. The second-order valence-electron chi connectivity index (χ2n) is 4.37. The van der Waals surface area contributed by atoms with Gasteiger partial charge in [-0.1, -0.05) is 6.07 Å². The Morgan fingerprint density at radius 3 is 2.60 bits per heavy atom. The Morgan fingerprint density at radius 2 is 2.10 bits per heavy atom. The van der Waals surface area contributed by atoms with Crippen molar-refractivity contribution in [3.63, 3.8) is 0 Å². The van der Waals surface area contributed by atoms with E-state index >= 15 is 0 Å². The monoisotopic (exact) mass is 303 g/mol. The third-order valence-corrected chi connectivity index (χ3v) is 3.02. The maximum absolute atomic E-state index is 11.1. The fourth-order valence-corrected chi connectivity index (χ4v) is 1.92. The van der Waals surface area contributed by atoms with Gasteiger partial charge in [0, 0.05) is 6.54 Å². The highest BCUT2D eigenvalue weighted by molar-refractivity contribution is 7.89. The number of nitro groups is 1. The average molecular weight is 303 g/mol. The van der Waals surface area contributed by atoms with Crippen molar-refractivity contribution >= 4 is 21.4 Å². The van der Waals surface area contributed by atoms with Crippen LogP contribution in [0.4, 0.5) is 11.4 Å². The van der Waals surface area contributed by atoms with Crippen LogP contribution in [0.25, 0.3) is 0 Å². The van der Waals surface area contributed by atoms with Crippen LogP contribution in [0.1, 0.15) is 13.8 Å². The van der Waals surface area contributed by atoms with Crippen molar-refractivity contribution in [2.45, 2.75) is 20.0 Å². The van der Waals surface area contributed by atoms with Gasteiger partial charge in [0.2, 0.25) is 10.0 Å². The van der Waals surface area contributed by atoms with Gasteiger partial charge in [0.15, 0.2) is 5.75 Å². The maximum atomic E-state index is 11.1. The Morgan fingerprint density at radius 1 is 1.45 bits per heavy atom. The third-order valence-electron chi connectivity index (χ3n) is 2.25. The van der Waals surface area contributed by atoms with Crippen molar-refractivity contribution in [1.82, 2.24) is 0 Å². The highest BCUT2D eigenvalue weighted by Crippen LogP contribution is 2.35. The normalized spacial score (nSPS) is 11.4. The van der Waals surface area contributed by atoms with Gasteiger partial charge in [-0.05, 0) is 26.0 Å². The molecule has 1 rings (SSSR count). The topological polar surface area (TPSA) is 125 Å². The summed E-state index contributed by atoms with van der Waals surface area (Å²) in [5, 5.41) is 18.7. The number of rotatable bonds is 7. The van der Waals surface area contributed by atoms with Crippen LogP contribution < -0.4 is 15.2 Å². The number of nitro benzene ring substituents is 1. The van der Waals surface area contributed by atoms with E-state index in [1.165, 1.54) is 12.1 Å². The molecule has 0 aliphatic heterocycles. The molecular formula is C11H17N3O5S. The van der Waals surface area contributed by atoms with Crippen LogP contribution in [0, 0.1) is 10.1 Å². The molecule has 1 aromatic carbocycles. The van der Waals surface area contributed by atoms with E-state index in [0.29, 0.717) is 0 Å². The Kier molecular flexibility index (Phi) is 5.28. The number of nitrogens with two attached hydrogens (primary N) is 1. The molecule has 0 saturated carbocycles. The van der Waals surface area contributed by atoms with Gasteiger partial charge in [-0.15, -0.1) is 0 Å². The molecule has 0 saturated heterocycles. The highest BCUT2D eigenvalue weighted by atomic mass is 32.2. The number of nitrogens with zero attached hydrogens (tertiary/aromatic N) is 1. The highest BCUT2D eigenvalue weighted by Gasteiger charge is 2.21. The lowest BCUT2D eigenvalue weighted by molar-refractivity contribution is -0.385. The van der Waals surface area contributed by atoms with Gasteiger partial charge < -0.3 is 10.1 Å². The first kappa shape index (κ1) is 16.2. The van der Waals surface area contributed by atoms with E-state index < -0.39 is 14.9 Å². The summed E-state index contributed by atoms with van der Waals surface area (Å²) in [6, 6.07) is 4.56. The van der Waals surface area contributed by atoms with Gasteiger partial charge in [-0.3, -0.25) is 10.1 Å². The van der Waals surface area contributed by atoms with Gasteiger partial charge in [0.05, 0.1) is 16.8 Å². The lowest BCUT2D eigenvalue weighted by atomic mass is 10.2. The number of benzene rings is 1. The van der Waals surface area contributed by atoms with Gasteiger partial charge in [0.1, 0.15) is 5.69 Å². The summed E-state index contributed by atoms with van der Waals surface area (Å²) < 4.78 is 27.0. The van der Waals surface area contributed by atoms with E-state index in [4.69, 9.17) is 9.88 Å². The first-order valence-corrected chi connectivity index (χ1v) is 7.60. The smallest absolute Gasteiger partial charge is 0.333 e. The first-order chi connectivity index (χ1) is 9.20. The molecule has 1 aromatic rings. The van der Waals surface area contributed by atoms with Crippen LogP contribution in [0.15, 0.2) is 18.2 Å². The summed E-state index contributed by atoms with van der Waals surface area (Å²) in [6.07, 6.45) is -0.214. The Balaban J connectivity index is 2.97. The van der Waals surface area contributed by atoms with Gasteiger partial charge in [-0.2, -0.15) is 0 Å². The molecule has 0 radical (unpaired) electrons. The van der Waals surface area contributed by atoms with Crippen molar-refractivity contribution in [3.05, 3.63) is 28.3 Å². The van der Waals surface area contributed by atoms with Gasteiger partial charge >= 0.3 is 5.69 Å². The zero-order valence-electron chi connectivity index (χ0n) is 11.2. The summed E-state index contributed by atoms with van der Waals surface area (Å²) >= 11 is 0. The molecule has 0 spiro atoms. The molecule has 0 atom stereocenters. The lowest BCUT2D eigenvalue weighted by Gasteiger charge is -2.12. The quantitative estimate of drug-likeness (QED) is 0.573. The number of sulfonamides is 1. The Bertz CT molecular complexity index is 586. The van der Waals surface area contributed by atoms with Crippen LogP contribution >= 0.6 is 0 Å². The molecule has 0 aromatic heterocycles. The van der Waals surface area contributed by atoms with E-state index in [-0.39, 0.29) is 35.5 Å². The van der Waals surface area contributed by atoms with Gasteiger partial charge in [0.25, 0.3) is 0 Å². The van der Waals surface area contributed by atoms with Crippen LogP contribution in [-0.2, 0) is 10.0 Å². The number of anilines is 1. The summed E-state index contributed by atoms with van der Waals surface area (Å²) in [4.78, 5) is 10.6. The summed E-state index contributed by atoms with van der Waals surface area (Å²) in [6.45, 7) is 3.49. The molecule has 0 fully saturated rings. The number of nitrogens with one attached hydrogen (secondary N) is 1. The standard InChI is InChI=1S/C11H17N3O5S/c1-8(2)19-10-5-3-4-9(11(10)14(15)16)13-6-7-20(12,17)18/h3-5,8,13H,6-7H2,1-2H3,(H2,12,17,18). The minimum absolute atomic E-state index is 0.0230. The summed E-state index contributed by atoms with van der Waals surface area (Å²) in [5.41, 5.74) is -0.0348. The fraction of sp³-hybridized carbons (Fsp3) is 0.455. The van der Waals surface area contributed by atoms with E-state index in [0.717, 1.165) is 0 Å². The third kappa shape index (κ3) is 5.02. The van der Waals surface area contributed by atoms with E-state index in [1.807, 2.05) is 0 Å². The predicted octanol–water partition coefficient (Wildman–Crippen LogP) is 1.08. The largest absolute Gasteiger partial charge is 0.484 e. The Hall–Kier alpha value is -1.87.